The van der Waals surface area contributed by atoms with Crippen molar-refractivity contribution < 1.29 is 9.53 Å². The lowest BCUT2D eigenvalue weighted by Gasteiger charge is -2.00. The van der Waals surface area contributed by atoms with Crippen LogP contribution < -0.4 is 0 Å². The number of ether oxygens (including phenoxy) is 1. The summed E-state index contributed by atoms with van der Waals surface area (Å²) >= 11 is 3.23. The first-order chi connectivity index (χ1) is 4.30. The maximum Gasteiger partial charge on any atom is 0.319 e. The monoisotopic (exact) mass is 192 g/mol. The van der Waals surface area contributed by atoms with Gasteiger partial charge in [0.1, 0.15) is 4.83 Å². The fraction of sp³-hybridized carbons (Fsp3) is 0.833. The Morgan fingerprint density at radius 1 is 1.56 bits per heavy atom. The molecule has 1 saturated heterocycles. The molecule has 0 amide bonds. The minimum absolute atomic E-state index is 0.0556. The van der Waals surface area contributed by atoms with E-state index in [9.17, 15) is 4.79 Å². The number of esters is 1. The molecule has 9 heavy (non-hydrogen) atoms. The van der Waals surface area contributed by atoms with Crippen molar-refractivity contribution in [1.29, 1.82) is 0 Å². The molecule has 0 bridgehead atoms. The van der Waals surface area contributed by atoms with E-state index in [4.69, 9.17) is 4.74 Å². The molecule has 1 aliphatic heterocycles. The maximum absolute atomic E-state index is 10.7. The lowest BCUT2D eigenvalue weighted by atomic mass is 10.2. The highest BCUT2D eigenvalue weighted by atomic mass is 79.9. The highest BCUT2D eigenvalue weighted by Gasteiger charge is 2.18. The fourth-order valence-corrected chi connectivity index (χ4v) is 1.26. The molecule has 1 rings (SSSR count). The minimum atomic E-state index is -0.104. The molecule has 1 atom stereocenters. The van der Waals surface area contributed by atoms with Gasteiger partial charge >= 0.3 is 5.97 Å². The highest BCUT2D eigenvalue weighted by molar-refractivity contribution is 9.10. The third-order valence-corrected chi connectivity index (χ3v) is 2.18. The van der Waals surface area contributed by atoms with Gasteiger partial charge in [-0.2, -0.15) is 0 Å². The maximum atomic E-state index is 10.7. The van der Waals surface area contributed by atoms with Crippen molar-refractivity contribution >= 4 is 21.9 Å². The van der Waals surface area contributed by atoms with Crippen molar-refractivity contribution in [3.63, 3.8) is 0 Å². The summed E-state index contributed by atoms with van der Waals surface area (Å²) in [4.78, 5) is 10.7. The predicted octanol–water partition coefficient (Wildman–Crippen LogP) is 1.48. The summed E-state index contributed by atoms with van der Waals surface area (Å²) in [5.74, 6) is -0.104. The van der Waals surface area contributed by atoms with Crippen LogP contribution in [0, 0.1) is 0 Å². The summed E-state index contributed by atoms with van der Waals surface area (Å²) in [7, 11) is 0. The van der Waals surface area contributed by atoms with Crippen LogP contribution in [0.25, 0.3) is 0 Å². The van der Waals surface area contributed by atoms with Gasteiger partial charge in [0.2, 0.25) is 0 Å². The van der Waals surface area contributed by atoms with Crippen LogP contribution in [-0.2, 0) is 9.53 Å². The van der Waals surface area contributed by atoms with Crippen LogP contribution >= 0.6 is 15.9 Å². The van der Waals surface area contributed by atoms with E-state index < -0.39 is 0 Å². The number of alkyl halides is 1. The van der Waals surface area contributed by atoms with Gasteiger partial charge in [0.15, 0.2) is 0 Å². The van der Waals surface area contributed by atoms with Gasteiger partial charge in [-0.3, -0.25) is 4.79 Å². The number of cyclic esters (lactones) is 1. The molecule has 0 aromatic rings. The average molecular weight is 193 g/mol. The molecule has 0 spiro atoms. The van der Waals surface area contributed by atoms with Gasteiger partial charge in [-0.1, -0.05) is 15.9 Å². The molecule has 0 N–H and O–H groups in total. The van der Waals surface area contributed by atoms with E-state index in [1.54, 1.807) is 0 Å². The normalized spacial score (nSPS) is 29.0. The Morgan fingerprint density at radius 2 is 2.33 bits per heavy atom. The molecule has 0 aliphatic carbocycles. The molecule has 52 valence electrons. The van der Waals surface area contributed by atoms with Gasteiger partial charge in [-0.05, 0) is 19.3 Å². The molecular formula is C6H9BrO2. The van der Waals surface area contributed by atoms with Gasteiger partial charge in [0.05, 0.1) is 6.61 Å². The summed E-state index contributed by atoms with van der Waals surface area (Å²) < 4.78 is 4.83. The zero-order valence-corrected chi connectivity index (χ0v) is 6.69. The van der Waals surface area contributed by atoms with Crippen LogP contribution in [0.4, 0.5) is 0 Å². The van der Waals surface area contributed by atoms with Crippen molar-refractivity contribution in [3.05, 3.63) is 0 Å². The van der Waals surface area contributed by atoms with E-state index in [1.807, 2.05) is 0 Å². The molecule has 1 unspecified atom stereocenters. The smallest absolute Gasteiger partial charge is 0.319 e. The molecule has 1 fully saturated rings. The zero-order valence-electron chi connectivity index (χ0n) is 5.10. The first kappa shape index (κ1) is 7.06. The molecular weight excluding hydrogens is 184 g/mol. The summed E-state index contributed by atoms with van der Waals surface area (Å²) in [5, 5.41) is 0. The molecule has 2 nitrogen and oxygen atoms in total. The Bertz CT molecular complexity index is 114. The number of halogens is 1. The largest absolute Gasteiger partial charge is 0.465 e. The van der Waals surface area contributed by atoms with Gasteiger partial charge in [-0.15, -0.1) is 0 Å². The van der Waals surface area contributed by atoms with E-state index in [1.165, 1.54) is 0 Å². The van der Waals surface area contributed by atoms with E-state index in [0.29, 0.717) is 6.61 Å². The zero-order chi connectivity index (χ0) is 6.69. The van der Waals surface area contributed by atoms with Crippen molar-refractivity contribution in [1.82, 2.24) is 0 Å². The van der Waals surface area contributed by atoms with E-state index in [2.05, 4.69) is 15.9 Å². The Morgan fingerprint density at radius 3 is 3.11 bits per heavy atom. The molecule has 0 aromatic heterocycles. The van der Waals surface area contributed by atoms with E-state index in [0.717, 1.165) is 19.3 Å². The molecule has 1 heterocycles. The van der Waals surface area contributed by atoms with Crippen molar-refractivity contribution in [2.75, 3.05) is 6.61 Å². The number of rotatable bonds is 0. The molecule has 1 aliphatic rings. The van der Waals surface area contributed by atoms with E-state index >= 15 is 0 Å². The second kappa shape index (κ2) is 3.20. The second-order valence-corrected chi connectivity index (χ2v) is 3.24. The predicted molar refractivity (Wildman–Crippen MR) is 37.5 cm³/mol. The number of hydrogen-bond donors (Lipinski definition) is 0. The highest BCUT2D eigenvalue weighted by Crippen LogP contribution is 2.15. The van der Waals surface area contributed by atoms with Crippen LogP contribution in [0.2, 0.25) is 0 Å². The molecule has 0 saturated carbocycles. The Hall–Kier alpha value is -0.0500. The van der Waals surface area contributed by atoms with Crippen molar-refractivity contribution in [3.8, 4) is 0 Å². The fourth-order valence-electron chi connectivity index (χ4n) is 0.807. The Balaban J connectivity index is 2.41. The first-order valence-corrected chi connectivity index (χ1v) is 4.03. The topological polar surface area (TPSA) is 26.3 Å². The van der Waals surface area contributed by atoms with Gasteiger partial charge in [-0.25, -0.2) is 0 Å². The second-order valence-electron chi connectivity index (χ2n) is 2.13. The third kappa shape index (κ3) is 1.97. The number of carbonyl (C=O) groups excluding carboxylic acids is 1. The average Bonchev–Trinajstić information content (AvgIpc) is 1.99. The first-order valence-electron chi connectivity index (χ1n) is 3.11. The summed E-state index contributed by atoms with van der Waals surface area (Å²) in [6.07, 6.45) is 3.01. The lowest BCUT2D eigenvalue weighted by molar-refractivity contribution is -0.141. The SMILES string of the molecule is O=C1OCCCCC1Br. The van der Waals surface area contributed by atoms with Crippen LogP contribution in [-0.4, -0.2) is 17.4 Å². The molecule has 0 radical (unpaired) electrons. The Labute approximate surface area is 62.7 Å². The van der Waals surface area contributed by atoms with Crippen LogP contribution in [0.1, 0.15) is 19.3 Å². The van der Waals surface area contributed by atoms with E-state index in [-0.39, 0.29) is 10.8 Å². The quantitative estimate of drug-likeness (QED) is 0.430. The van der Waals surface area contributed by atoms with Crippen LogP contribution in [0.15, 0.2) is 0 Å². The summed E-state index contributed by atoms with van der Waals surface area (Å²) in [5.41, 5.74) is 0. The van der Waals surface area contributed by atoms with Crippen molar-refractivity contribution in [2.24, 2.45) is 0 Å². The summed E-state index contributed by atoms with van der Waals surface area (Å²) in [6.45, 7) is 0.598. The summed E-state index contributed by atoms with van der Waals surface area (Å²) in [6, 6.07) is 0. The van der Waals surface area contributed by atoms with Gasteiger partial charge < -0.3 is 4.74 Å². The lowest BCUT2D eigenvalue weighted by Crippen LogP contribution is -2.14. The molecule has 0 aromatic carbocycles. The minimum Gasteiger partial charge on any atom is -0.465 e. The molecule has 3 heteroatoms. The van der Waals surface area contributed by atoms with Gasteiger partial charge in [0, 0.05) is 0 Å². The Kier molecular flexibility index (Phi) is 2.51. The third-order valence-electron chi connectivity index (χ3n) is 1.35. The number of carbonyl (C=O) groups is 1. The number of hydrogen-bond acceptors (Lipinski definition) is 2. The van der Waals surface area contributed by atoms with Crippen LogP contribution in [0.5, 0.6) is 0 Å². The standard InChI is InChI=1S/C6H9BrO2/c7-5-3-1-2-4-9-6(5)8/h5H,1-4H2. The van der Waals surface area contributed by atoms with Crippen LogP contribution in [0.3, 0.4) is 0 Å². The van der Waals surface area contributed by atoms with Crippen molar-refractivity contribution in [2.45, 2.75) is 24.1 Å². The van der Waals surface area contributed by atoms with Gasteiger partial charge in [0.25, 0.3) is 0 Å².